The molecular weight excluding hydrogens is 278 g/mol. The number of hydrogen-bond donors (Lipinski definition) is 3. The Hall–Kier alpha value is -2.37. The molecule has 1 fully saturated rings. The average molecular weight is 299 g/mol. The van der Waals surface area contributed by atoms with Gasteiger partial charge >= 0.3 is 0 Å². The van der Waals surface area contributed by atoms with Gasteiger partial charge in [-0.05, 0) is 37.0 Å². The van der Waals surface area contributed by atoms with Gasteiger partial charge in [0.05, 0.1) is 0 Å². The third kappa shape index (κ3) is 3.27. The smallest absolute Gasteiger partial charge is 0.275 e. The molecule has 0 unspecified atom stereocenters. The van der Waals surface area contributed by atoms with Gasteiger partial charge in [0, 0.05) is 11.7 Å². The lowest BCUT2D eigenvalue weighted by Crippen LogP contribution is -2.33. The van der Waals surface area contributed by atoms with Crippen LogP contribution in [0.5, 0.6) is 0 Å². The Kier molecular flexibility index (Phi) is 4.37. The van der Waals surface area contributed by atoms with Gasteiger partial charge in [-0.15, -0.1) is 10.2 Å². The molecule has 116 valence electrons. The number of hydrogen-bond acceptors (Lipinski definition) is 4. The summed E-state index contributed by atoms with van der Waals surface area (Å²) in [5, 5.41) is 16.7. The molecule has 0 aliphatic heterocycles. The second-order valence-electron chi connectivity index (χ2n) is 5.65. The summed E-state index contributed by atoms with van der Waals surface area (Å²) in [6.45, 7) is 2.12. The number of amides is 1. The fraction of sp³-hybridized carbons (Fsp3) is 0.438. The highest BCUT2D eigenvalue weighted by molar-refractivity contribution is 5.97. The van der Waals surface area contributed by atoms with E-state index in [0.29, 0.717) is 11.5 Å². The number of nitrogens with one attached hydrogen (secondary N) is 3. The number of aromatic nitrogens is 3. The van der Waals surface area contributed by atoms with Gasteiger partial charge in [0.15, 0.2) is 11.5 Å². The maximum absolute atomic E-state index is 12.3. The van der Waals surface area contributed by atoms with Crippen molar-refractivity contribution in [3.8, 4) is 0 Å². The highest BCUT2D eigenvalue weighted by atomic mass is 16.2. The van der Waals surface area contributed by atoms with Crippen LogP contribution in [0.4, 0.5) is 11.5 Å². The summed E-state index contributed by atoms with van der Waals surface area (Å²) in [6, 6.07) is 8.33. The standard InChI is InChI=1S/C16H21N5O/c1-2-11-7-9-13(10-8-11)17-15-14(19-21-20-15)16(22)18-12-5-3-4-6-12/h7-10,12H,2-6H2,1H3,(H,18,22)(H2,17,19,20,21). The fourth-order valence-electron chi connectivity index (χ4n) is 2.76. The van der Waals surface area contributed by atoms with Crippen LogP contribution in [0.3, 0.4) is 0 Å². The molecule has 1 aromatic heterocycles. The van der Waals surface area contributed by atoms with E-state index in [1.807, 2.05) is 12.1 Å². The Bertz CT molecular complexity index is 628. The first-order valence-corrected chi connectivity index (χ1v) is 7.84. The Morgan fingerprint density at radius 2 is 1.95 bits per heavy atom. The molecule has 1 saturated carbocycles. The van der Waals surface area contributed by atoms with Crippen LogP contribution < -0.4 is 10.6 Å². The van der Waals surface area contributed by atoms with Crippen molar-refractivity contribution in [2.45, 2.75) is 45.1 Å². The summed E-state index contributed by atoms with van der Waals surface area (Å²) in [7, 11) is 0. The molecule has 3 rings (SSSR count). The molecule has 0 bridgehead atoms. The number of benzene rings is 1. The van der Waals surface area contributed by atoms with Gasteiger partial charge in [0.1, 0.15) is 0 Å². The van der Waals surface area contributed by atoms with Gasteiger partial charge in [-0.1, -0.05) is 31.9 Å². The third-order valence-corrected chi connectivity index (χ3v) is 4.08. The molecule has 0 spiro atoms. The molecule has 6 nitrogen and oxygen atoms in total. The van der Waals surface area contributed by atoms with Crippen LogP contribution in [0.2, 0.25) is 0 Å². The second-order valence-corrected chi connectivity index (χ2v) is 5.65. The van der Waals surface area contributed by atoms with Crippen molar-refractivity contribution in [1.82, 2.24) is 20.7 Å². The van der Waals surface area contributed by atoms with E-state index in [9.17, 15) is 4.79 Å². The summed E-state index contributed by atoms with van der Waals surface area (Å²) in [6.07, 6.45) is 5.45. The van der Waals surface area contributed by atoms with E-state index in [0.717, 1.165) is 24.9 Å². The number of rotatable bonds is 5. The van der Waals surface area contributed by atoms with Gasteiger partial charge < -0.3 is 10.6 Å². The fourth-order valence-corrected chi connectivity index (χ4v) is 2.76. The van der Waals surface area contributed by atoms with Gasteiger partial charge in [0.2, 0.25) is 0 Å². The zero-order chi connectivity index (χ0) is 15.4. The summed E-state index contributed by atoms with van der Waals surface area (Å²) in [5.41, 5.74) is 2.47. The molecule has 0 atom stereocenters. The zero-order valence-corrected chi connectivity index (χ0v) is 12.7. The highest BCUT2D eigenvalue weighted by Crippen LogP contribution is 2.20. The van der Waals surface area contributed by atoms with E-state index in [1.54, 1.807) is 0 Å². The van der Waals surface area contributed by atoms with E-state index in [2.05, 4.69) is 45.1 Å². The van der Waals surface area contributed by atoms with Crippen LogP contribution in [0.1, 0.15) is 48.7 Å². The minimum atomic E-state index is -0.173. The predicted molar refractivity (Wildman–Crippen MR) is 85.2 cm³/mol. The molecule has 0 radical (unpaired) electrons. The maximum Gasteiger partial charge on any atom is 0.275 e. The van der Waals surface area contributed by atoms with Crippen LogP contribution in [0, 0.1) is 0 Å². The molecule has 22 heavy (non-hydrogen) atoms. The SMILES string of the molecule is CCc1ccc(Nc2n[nH]nc2C(=O)NC2CCCC2)cc1. The first-order valence-electron chi connectivity index (χ1n) is 7.84. The topological polar surface area (TPSA) is 82.7 Å². The Balaban J connectivity index is 1.69. The quantitative estimate of drug-likeness (QED) is 0.793. The van der Waals surface area contributed by atoms with Crippen molar-refractivity contribution in [3.63, 3.8) is 0 Å². The van der Waals surface area contributed by atoms with Gasteiger partial charge in [-0.25, -0.2) is 0 Å². The van der Waals surface area contributed by atoms with E-state index in [1.165, 1.54) is 18.4 Å². The predicted octanol–water partition coefficient (Wildman–Crippen LogP) is 2.78. The van der Waals surface area contributed by atoms with Crippen LogP contribution in [-0.4, -0.2) is 27.4 Å². The van der Waals surface area contributed by atoms with Crippen molar-refractivity contribution >= 4 is 17.4 Å². The lowest BCUT2D eigenvalue weighted by molar-refractivity contribution is 0.0933. The largest absolute Gasteiger partial charge is 0.348 e. The van der Waals surface area contributed by atoms with Crippen LogP contribution >= 0.6 is 0 Å². The molecule has 2 aromatic rings. The van der Waals surface area contributed by atoms with E-state index < -0.39 is 0 Å². The molecule has 1 aromatic carbocycles. The summed E-state index contributed by atoms with van der Waals surface area (Å²) in [5.74, 6) is 0.285. The molecule has 6 heteroatoms. The molecule has 0 saturated heterocycles. The van der Waals surface area contributed by atoms with Crippen molar-refractivity contribution in [3.05, 3.63) is 35.5 Å². The minimum Gasteiger partial charge on any atom is -0.348 e. The number of aromatic amines is 1. The lowest BCUT2D eigenvalue weighted by Gasteiger charge is -2.11. The molecular formula is C16H21N5O. The van der Waals surface area contributed by atoms with Gasteiger partial charge in [0.25, 0.3) is 5.91 Å². The van der Waals surface area contributed by atoms with E-state index in [4.69, 9.17) is 0 Å². The van der Waals surface area contributed by atoms with Gasteiger partial charge in [-0.3, -0.25) is 4.79 Å². The minimum absolute atomic E-state index is 0.173. The molecule has 1 aliphatic rings. The van der Waals surface area contributed by atoms with Crippen molar-refractivity contribution in [2.24, 2.45) is 0 Å². The molecule has 1 heterocycles. The van der Waals surface area contributed by atoms with Gasteiger partial charge in [-0.2, -0.15) is 5.21 Å². The Morgan fingerprint density at radius 1 is 1.23 bits per heavy atom. The van der Waals surface area contributed by atoms with Crippen molar-refractivity contribution in [2.75, 3.05) is 5.32 Å². The zero-order valence-electron chi connectivity index (χ0n) is 12.7. The molecule has 1 aliphatic carbocycles. The maximum atomic E-state index is 12.3. The normalized spacial score (nSPS) is 15.0. The summed E-state index contributed by atoms with van der Waals surface area (Å²) < 4.78 is 0. The number of anilines is 2. The Labute approximate surface area is 129 Å². The van der Waals surface area contributed by atoms with Crippen LogP contribution in [0.15, 0.2) is 24.3 Å². The van der Waals surface area contributed by atoms with Crippen LogP contribution in [-0.2, 0) is 6.42 Å². The number of carbonyl (C=O) groups excluding carboxylic acids is 1. The van der Waals surface area contributed by atoms with Crippen molar-refractivity contribution < 1.29 is 4.79 Å². The van der Waals surface area contributed by atoms with E-state index >= 15 is 0 Å². The molecule has 1 amide bonds. The third-order valence-electron chi connectivity index (χ3n) is 4.08. The van der Waals surface area contributed by atoms with Crippen molar-refractivity contribution in [1.29, 1.82) is 0 Å². The summed E-state index contributed by atoms with van der Waals surface area (Å²) in [4.78, 5) is 12.3. The number of H-pyrrole nitrogens is 1. The summed E-state index contributed by atoms with van der Waals surface area (Å²) >= 11 is 0. The number of carbonyl (C=O) groups is 1. The van der Waals surface area contributed by atoms with Crippen LogP contribution in [0.25, 0.3) is 0 Å². The first-order chi connectivity index (χ1) is 10.8. The number of aryl methyl sites for hydroxylation is 1. The average Bonchev–Trinajstić information content (AvgIpc) is 3.19. The Morgan fingerprint density at radius 3 is 2.64 bits per heavy atom. The monoisotopic (exact) mass is 299 g/mol. The second kappa shape index (κ2) is 6.60. The lowest BCUT2D eigenvalue weighted by atomic mass is 10.1. The molecule has 3 N–H and O–H groups in total. The highest BCUT2D eigenvalue weighted by Gasteiger charge is 2.22. The number of nitrogens with zero attached hydrogens (tertiary/aromatic N) is 2. The van der Waals surface area contributed by atoms with E-state index in [-0.39, 0.29) is 11.9 Å². The first kappa shape index (κ1) is 14.6.